The Labute approximate surface area is 94.3 Å². The Morgan fingerprint density at radius 1 is 1.50 bits per heavy atom. The molecule has 1 N–H and O–H groups in total. The van der Waals surface area contributed by atoms with Crippen LogP contribution in [0.2, 0.25) is 0 Å². The van der Waals surface area contributed by atoms with Crippen LogP contribution in [0.1, 0.15) is 13.4 Å². The highest BCUT2D eigenvalue weighted by molar-refractivity contribution is 5.92. The number of hydrogen-bond acceptors (Lipinski definition) is 3. The van der Waals surface area contributed by atoms with E-state index >= 15 is 0 Å². The summed E-state index contributed by atoms with van der Waals surface area (Å²) in [5, 5.41) is 2.37. The number of ether oxygens (including phenoxy) is 1. The molecule has 1 saturated heterocycles. The molecule has 1 aromatic carbocycles. The van der Waals surface area contributed by atoms with Crippen molar-refractivity contribution in [1.82, 2.24) is 5.32 Å². The predicted molar refractivity (Wildman–Crippen MR) is 57.1 cm³/mol. The van der Waals surface area contributed by atoms with Crippen LogP contribution in [0.5, 0.6) is 0 Å². The van der Waals surface area contributed by atoms with Gasteiger partial charge in [0.05, 0.1) is 7.79 Å². The maximum atomic E-state index is 11.4. The summed E-state index contributed by atoms with van der Waals surface area (Å²) in [4.78, 5) is 22.1. The molecule has 4 heteroatoms. The SMILES string of the molecule is [2H]/C(C(=O)OCc1ccccc1)=C1\CC(=O)N1. The molecule has 2 rings (SSSR count). The van der Waals surface area contributed by atoms with E-state index in [9.17, 15) is 9.59 Å². The lowest BCUT2D eigenvalue weighted by atomic mass is 10.2. The van der Waals surface area contributed by atoms with E-state index in [1.54, 1.807) is 0 Å². The molecule has 4 nitrogen and oxygen atoms in total. The smallest absolute Gasteiger partial charge is 0.332 e. The average molecular weight is 218 g/mol. The van der Waals surface area contributed by atoms with Crippen LogP contribution in [0.3, 0.4) is 0 Å². The fraction of sp³-hybridized carbons (Fsp3) is 0.167. The second-order valence-corrected chi connectivity index (χ2v) is 3.39. The van der Waals surface area contributed by atoms with Crippen LogP contribution in [-0.4, -0.2) is 11.9 Å². The van der Waals surface area contributed by atoms with Gasteiger partial charge in [-0.15, -0.1) is 0 Å². The standard InChI is InChI=1S/C12H11NO3/c14-11-6-10(13-11)7-12(15)16-8-9-4-2-1-3-5-9/h1-5,7H,6,8H2,(H,13,14)/b10-7-/i7D. The summed E-state index contributed by atoms with van der Waals surface area (Å²) < 4.78 is 12.4. The topological polar surface area (TPSA) is 55.4 Å². The zero-order valence-corrected chi connectivity index (χ0v) is 8.53. The summed E-state index contributed by atoms with van der Waals surface area (Å²) in [6, 6.07) is 8.93. The minimum Gasteiger partial charge on any atom is -0.458 e. The summed E-state index contributed by atoms with van der Waals surface area (Å²) in [5.41, 5.74) is 1.18. The van der Waals surface area contributed by atoms with Crippen molar-refractivity contribution in [2.45, 2.75) is 13.0 Å². The Hall–Kier alpha value is -2.10. The van der Waals surface area contributed by atoms with Gasteiger partial charge in [0.15, 0.2) is 0 Å². The van der Waals surface area contributed by atoms with Crippen LogP contribution < -0.4 is 5.32 Å². The van der Waals surface area contributed by atoms with Gasteiger partial charge in [-0.05, 0) is 5.56 Å². The van der Waals surface area contributed by atoms with Crippen molar-refractivity contribution in [3.05, 3.63) is 47.6 Å². The molecule has 0 atom stereocenters. The largest absolute Gasteiger partial charge is 0.458 e. The van der Waals surface area contributed by atoms with E-state index in [1.807, 2.05) is 30.3 Å². The van der Waals surface area contributed by atoms with Gasteiger partial charge in [-0.25, -0.2) is 4.79 Å². The van der Waals surface area contributed by atoms with Gasteiger partial charge in [0.2, 0.25) is 5.91 Å². The van der Waals surface area contributed by atoms with Gasteiger partial charge in [-0.3, -0.25) is 4.79 Å². The number of carbonyl (C=O) groups excluding carboxylic acids is 2. The fourth-order valence-corrected chi connectivity index (χ4v) is 1.27. The molecule has 82 valence electrons. The molecule has 1 aromatic rings. The van der Waals surface area contributed by atoms with Crippen LogP contribution >= 0.6 is 0 Å². The van der Waals surface area contributed by atoms with Gasteiger partial charge in [0, 0.05) is 11.7 Å². The Bertz CT molecular complexity index is 472. The predicted octanol–water partition coefficient (Wildman–Crippen LogP) is 1.13. The highest BCUT2D eigenvalue weighted by Crippen LogP contribution is 2.08. The second-order valence-electron chi connectivity index (χ2n) is 3.39. The zero-order valence-electron chi connectivity index (χ0n) is 9.53. The first kappa shape index (κ1) is 9.15. The molecular formula is C12H11NO3. The molecule has 1 aliphatic rings. The molecule has 1 amide bonds. The summed E-state index contributed by atoms with van der Waals surface area (Å²) in [6.07, 6.45) is 0.110. The van der Waals surface area contributed by atoms with Crippen molar-refractivity contribution in [1.29, 1.82) is 0 Å². The second kappa shape index (κ2) is 4.61. The third-order valence-electron chi connectivity index (χ3n) is 2.09. The first-order valence-corrected chi connectivity index (χ1v) is 4.87. The number of esters is 1. The van der Waals surface area contributed by atoms with Crippen LogP contribution in [0.15, 0.2) is 42.1 Å². The molecule has 16 heavy (non-hydrogen) atoms. The number of carbonyl (C=O) groups is 2. The molecule has 1 fully saturated rings. The quantitative estimate of drug-likeness (QED) is 0.470. The lowest BCUT2D eigenvalue weighted by molar-refractivity contribution is -0.139. The molecule has 0 saturated carbocycles. The molecule has 0 aromatic heterocycles. The van der Waals surface area contributed by atoms with Crippen molar-refractivity contribution in [3.8, 4) is 0 Å². The summed E-state index contributed by atoms with van der Waals surface area (Å²) in [7, 11) is 0. The Morgan fingerprint density at radius 2 is 2.19 bits per heavy atom. The zero-order chi connectivity index (χ0) is 12.3. The maximum Gasteiger partial charge on any atom is 0.332 e. The van der Waals surface area contributed by atoms with Gasteiger partial charge in [0.1, 0.15) is 6.61 Å². The maximum absolute atomic E-state index is 11.4. The van der Waals surface area contributed by atoms with Gasteiger partial charge in [-0.1, -0.05) is 30.3 Å². The average Bonchev–Trinajstić information content (AvgIpc) is 2.32. The van der Waals surface area contributed by atoms with E-state index in [4.69, 9.17) is 6.11 Å². The number of amides is 1. The molecule has 0 radical (unpaired) electrons. The minimum absolute atomic E-state index is 0.110. The van der Waals surface area contributed by atoms with E-state index in [-0.39, 0.29) is 25.0 Å². The van der Waals surface area contributed by atoms with Crippen LogP contribution in [0, 0.1) is 0 Å². The van der Waals surface area contributed by atoms with E-state index in [0.29, 0.717) is 5.70 Å². The monoisotopic (exact) mass is 218 g/mol. The fourth-order valence-electron chi connectivity index (χ4n) is 1.27. The van der Waals surface area contributed by atoms with Crippen molar-refractivity contribution >= 4 is 11.9 Å². The summed E-state index contributed by atoms with van der Waals surface area (Å²) >= 11 is 0. The molecular weight excluding hydrogens is 206 g/mol. The van der Waals surface area contributed by atoms with E-state index in [2.05, 4.69) is 5.32 Å². The molecule has 0 unspecified atom stereocenters. The van der Waals surface area contributed by atoms with E-state index in [0.717, 1.165) is 5.56 Å². The van der Waals surface area contributed by atoms with Crippen LogP contribution in [0.4, 0.5) is 0 Å². The first-order chi connectivity index (χ1) is 8.16. The number of benzene rings is 1. The number of nitrogens with one attached hydrogen (secondary N) is 1. The minimum atomic E-state index is -0.719. The normalized spacial score (nSPS) is 18.0. The van der Waals surface area contributed by atoms with Gasteiger partial charge in [0.25, 0.3) is 0 Å². The van der Waals surface area contributed by atoms with Crippen LogP contribution in [0.25, 0.3) is 0 Å². The molecule has 1 aliphatic heterocycles. The summed E-state index contributed by atoms with van der Waals surface area (Å²) in [6.45, 7) is 0.128. The van der Waals surface area contributed by atoms with E-state index < -0.39 is 5.97 Å². The number of rotatable bonds is 3. The van der Waals surface area contributed by atoms with Crippen LogP contribution in [-0.2, 0) is 20.9 Å². The molecule has 1 heterocycles. The summed E-state index contributed by atoms with van der Waals surface area (Å²) in [5.74, 6) is -0.899. The Morgan fingerprint density at radius 3 is 2.81 bits per heavy atom. The highest BCUT2D eigenvalue weighted by Gasteiger charge is 2.18. The van der Waals surface area contributed by atoms with Gasteiger partial charge < -0.3 is 10.1 Å². The molecule has 0 aliphatic carbocycles. The molecule has 0 bridgehead atoms. The van der Waals surface area contributed by atoms with Crippen molar-refractivity contribution in [3.63, 3.8) is 0 Å². The lowest BCUT2D eigenvalue weighted by Gasteiger charge is -2.17. The number of hydrogen-bond donors (Lipinski definition) is 1. The van der Waals surface area contributed by atoms with Gasteiger partial charge in [-0.2, -0.15) is 0 Å². The third-order valence-corrected chi connectivity index (χ3v) is 2.09. The van der Waals surface area contributed by atoms with Gasteiger partial charge >= 0.3 is 5.97 Å². The van der Waals surface area contributed by atoms with Crippen molar-refractivity contribution in [2.24, 2.45) is 0 Å². The third kappa shape index (κ3) is 2.70. The Balaban J connectivity index is 1.90. The first-order valence-electron chi connectivity index (χ1n) is 5.37. The van der Waals surface area contributed by atoms with Crippen molar-refractivity contribution in [2.75, 3.05) is 0 Å². The highest BCUT2D eigenvalue weighted by atomic mass is 16.5. The number of β-lactam (4-membered cyclic amide) rings is 1. The lowest BCUT2D eigenvalue weighted by Crippen LogP contribution is -2.35. The molecule has 0 spiro atoms. The van der Waals surface area contributed by atoms with E-state index in [1.165, 1.54) is 0 Å². The Kier molecular flexibility index (Phi) is 2.64. The van der Waals surface area contributed by atoms with Crippen molar-refractivity contribution < 1.29 is 15.7 Å².